The average molecular weight is 201 g/mol. The second-order valence-corrected chi connectivity index (χ2v) is 3.36. The van der Waals surface area contributed by atoms with Gasteiger partial charge < -0.3 is 15.3 Å². The molecule has 0 bridgehead atoms. The molecule has 0 rings (SSSR count). The molecular weight excluding hydrogens is 186 g/mol. The molecule has 0 aromatic heterocycles. The van der Waals surface area contributed by atoms with Crippen molar-refractivity contribution in [3.8, 4) is 6.07 Å². The third-order valence-electron chi connectivity index (χ3n) is 2.60. The molecule has 0 aliphatic heterocycles. The topological polar surface area (TPSA) is 102 Å². The Kier molecular flexibility index (Phi) is 5.31. The lowest BCUT2D eigenvalue weighted by atomic mass is 9.75. The van der Waals surface area contributed by atoms with E-state index in [2.05, 4.69) is 0 Å². The van der Waals surface area contributed by atoms with Crippen molar-refractivity contribution in [1.82, 2.24) is 0 Å². The molecule has 0 aromatic carbocycles. The minimum absolute atomic E-state index is 0.275. The number of carbonyl (C=O) groups is 1. The predicted octanol–water partition coefficient (Wildman–Crippen LogP) is -0.931. The van der Waals surface area contributed by atoms with E-state index in [1.54, 1.807) is 6.07 Å². The lowest BCUT2D eigenvalue weighted by molar-refractivity contribution is -0.131. The second-order valence-electron chi connectivity index (χ2n) is 3.36. The largest absolute Gasteiger partial charge is 0.396 e. The van der Waals surface area contributed by atoms with E-state index in [9.17, 15) is 4.79 Å². The number of carbonyl (C=O) groups excluding carboxylic acids is 1. The van der Waals surface area contributed by atoms with Gasteiger partial charge in [-0.15, -0.1) is 0 Å². The second kappa shape index (κ2) is 5.70. The molecule has 5 nitrogen and oxygen atoms in total. The number of rotatable bonds is 6. The zero-order chi connectivity index (χ0) is 11.2. The van der Waals surface area contributed by atoms with Gasteiger partial charge in [0.15, 0.2) is 5.78 Å². The number of aliphatic hydroxyl groups excluding tert-OH is 3. The van der Waals surface area contributed by atoms with Gasteiger partial charge in [-0.05, 0) is 0 Å². The van der Waals surface area contributed by atoms with Crippen LogP contribution in [0.25, 0.3) is 0 Å². The Morgan fingerprint density at radius 3 is 2.07 bits per heavy atom. The quantitative estimate of drug-likeness (QED) is 0.515. The molecule has 0 saturated carbocycles. The van der Waals surface area contributed by atoms with E-state index in [4.69, 9.17) is 20.6 Å². The van der Waals surface area contributed by atoms with Gasteiger partial charge in [0.25, 0.3) is 0 Å². The van der Waals surface area contributed by atoms with Crippen LogP contribution in [0.2, 0.25) is 0 Å². The van der Waals surface area contributed by atoms with Gasteiger partial charge in [-0.25, -0.2) is 0 Å². The average Bonchev–Trinajstić information content (AvgIpc) is 2.21. The van der Waals surface area contributed by atoms with Crippen LogP contribution in [0.4, 0.5) is 0 Å². The zero-order valence-corrected chi connectivity index (χ0v) is 8.10. The van der Waals surface area contributed by atoms with Gasteiger partial charge in [0.1, 0.15) is 0 Å². The first-order valence-corrected chi connectivity index (χ1v) is 4.30. The maximum Gasteiger partial charge on any atom is 0.150 e. The number of Topliss-reactive ketones (excluding diaryl/α,β-unsaturated/α-hetero) is 1. The van der Waals surface area contributed by atoms with E-state index in [1.807, 2.05) is 0 Å². The number of hydrogen-bond acceptors (Lipinski definition) is 5. The molecule has 0 aliphatic rings. The van der Waals surface area contributed by atoms with Crippen molar-refractivity contribution in [3.05, 3.63) is 0 Å². The minimum Gasteiger partial charge on any atom is -0.396 e. The fourth-order valence-electron chi connectivity index (χ4n) is 1.13. The Morgan fingerprint density at radius 2 is 1.79 bits per heavy atom. The lowest BCUT2D eigenvalue weighted by Gasteiger charge is -2.32. The Labute approximate surface area is 82.6 Å². The highest BCUT2D eigenvalue weighted by atomic mass is 16.3. The molecule has 3 N–H and O–H groups in total. The van der Waals surface area contributed by atoms with Crippen LogP contribution in [0, 0.1) is 22.7 Å². The van der Waals surface area contributed by atoms with E-state index in [0.717, 1.165) is 0 Å². The van der Waals surface area contributed by atoms with Crippen molar-refractivity contribution in [1.29, 1.82) is 5.26 Å². The van der Waals surface area contributed by atoms with Crippen molar-refractivity contribution in [2.24, 2.45) is 11.3 Å². The summed E-state index contributed by atoms with van der Waals surface area (Å²) in [5.41, 5.74) is -1.23. The van der Waals surface area contributed by atoms with Crippen LogP contribution >= 0.6 is 0 Å². The summed E-state index contributed by atoms with van der Waals surface area (Å²) in [6.45, 7) is 0.0251. The van der Waals surface area contributed by atoms with E-state index in [-0.39, 0.29) is 12.2 Å². The molecule has 0 saturated heterocycles. The van der Waals surface area contributed by atoms with Crippen LogP contribution in [-0.2, 0) is 4.79 Å². The monoisotopic (exact) mass is 201 g/mol. The molecule has 80 valence electrons. The highest BCUT2D eigenvalue weighted by Gasteiger charge is 2.38. The fraction of sp³-hybridized carbons (Fsp3) is 0.778. The summed E-state index contributed by atoms with van der Waals surface area (Å²) in [6.07, 6.45) is -0.275. The molecule has 0 aromatic rings. The Hall–Kier alpha value is -0.960. The van der Waals surface area contributed by atoms with Crippen molar-refractivity contribution in [3.63, 3.8) is 0 Å². The molecule has 0 heterocycles. The van der Waals surface area contributed by atoms with Gasteiger partial charge in [0.05, 0.1) is 32.3 Å². The van der Waals surface area contributed by atoms with Gasteiger partial charge in [-0.2, -0.15) is 5.26 Å². The first kappa shape index (κ1) is 13.0. The van der Waals surface area contributed by atoms with Crippen LogP contribution < -0.4 is 0 Å². The maximum atomic E-state index is 11.3. The van der Waals surface area contributed by atoms with Crippen molar-refractivity contribution < 1.29 is 20.1 Å². The number of nitrogens with zero attached hydrogens (tertiary/aromatic N) is 1. The zero-order valence-electron chi connectivity index (χ0n) is 8.10. The molecule has 0 fully saturated rings. The first-order chi connectivity index (χ1) is 6.57. The third-order valence-corrected chi connectivity index (χ3v) is 2.60. The summed E-state index contributed by atoms with van der Waals surface area (Å²) in [4.78, 5) is 11.3. The molecule has 1 unspecified atom stereocenters. The minimum atomic E-state index is -1.23. The van der Waals surface area contributed by atoms with Crippen molar-refractivity contribution >= 4 is 5.78 Å². The van der Waals surface area contributed by atoms with Gasteiger partial charge >= 0.3 is 0 Å². The van der Waals surface area contributed by atoms with E-state index < -0.39 is 31.2 Å². The van der Waals surface area contributed by atoms with Gasteiger partial charge in [-0.1, -0.05) is 6.92 Å². The highest BCUT2D eigenvalue weighted by molar-refractivity contribution is 5.83. The van der Waals surface area contributed by atoms with Gasteiger partial charge in [-0.3, -0.25) is 4.79 Å². The van der Waals surface area contributed by atoms with E-state index in [1.165, 1.54) is 6.92 Å². The smallest absolute Gasteiger partial charge is 0.150 e. The van der Waals surface area contributed by atoms with Crippen LogP contribution in [-0.4, -0.2) is 40.9 Å². The summed E-state index contributed by atoms with van der Waals surface area (Å²) in [5.74, 6) is -1.12. The number of aliphatic hydroxyl groups is 3. The Bertz CT molecular complexity index is 221. The summed E-state index contributed by atoms with van der Waals surface area (Å²) >= 11 is 0. The highest BCUT2D eigenvalue weighted by Crippen LogP contribution is 2.27. The van der Waals surface area contributed by atoms with Crippen LogP contribution in [0.3, 0.4) is 0 Å². The molecule has 1 atom stereocenters. The number of ketones is 1. The summed E-state index contributed by atoms with van der Waals surface area (Å²) in [7, 11) is 0. The predicted molar refractivity (Wildman–Crippen MR) is 48.1 cm³/mol. The third kappa shape index (κ3) is 2.51. The molecule has 14 heavy (non-hydrogen) atoms. The first-order valence-electron chi connectivity index (χ1n) is 4.30. The standard InChI is InChI=1S/C9H15NO4/c1-7(8(14)2-3-10)9(4-11,5-12)6-13/h7,11-13H,2,4-6H2,1H3. The Balaban J connectivity index is 4.68. The molecule has 0 spiro atoms. The van der Waals surface area contributed by atoms with Crippen molar-refractivity contribution in [2.75, 3.05) is 19.8 Å². The van der Waals surface area contributed by atoms with Gasteiger partial charge in [0, 0.05) is 11.3 Å². The van der Waals surface area contributed by atoms with E-state index in [0.29, 0.717) is 0 Å². The maximum absolute atomic E-state index is 11.3. The van der Waals surface area contributed by atoms with Crippen molar-refractivity contribution in [2.45, 2.75) is 13.3 Å². The van der Waals surface area contributed by atoms with Crippen LogP contribution in [0.15, 0.2) is 0 Å². The molecule has 5 heteroatoms. The number of nitriles is 1. The van der Waals surface area contributed by atoms with Gasteiger partial charge in [0.2, 0.25) is 0 Å². The lowest BCUT2D eigenvalue weighted by Crippen LogP contribution is -2.43. The van der Waals surface area contributed by atoms with E-state index >= 15 is 0 Å². The molecule has 0 aliphatic carbocycles. The SMILES string of the molecule is CC(C(=O)CC#N)C(CO)(CO)CO. The summed E-state index contributed by atoms with van der Waals surface area (Å²) in [5, 5.41) is 35.3. The fourth-order valence-corrected chi connectivity index (χ4v) is 1.13. The molecule has 0 radical (unpaired) electrons. The van der Waals surface area contributed by atoms with Crippen LogP contribution in [0.1, 0.15) is 13.3 Å². The molecular formula is C9H15NO4. The Morgan fingerprint density at radius 1 is 1.36 bits per heavy atom. The normalized spacial score (nSPS) is 13.4. The summed E-state index contributed by atoms with van der Waals surface area (Å²) < 4.78 is 0. The summed E-state index contributed by atoms with van der Waals surface area (Å²) in [6, 6.07) is 1.70. The number of hydrogen-bond donors (Lipinski definition) is 3. The van der Waals surface area contributed by atoms with Crippen LogP contribution in [0.5, 0.6) is 0 Å². The molecule has 0 amide bonds.